The summed E-state index contributed by atoms with van der Waals surface area (Å²) in [6.45, 7) is 13.4. The molecule has 2 aliphatic rings. The molecule has 0 amide bonds. The van der Waals surface area contributed by atoms with E-state index in [1.54, 1.807) is 0 Å². The fourth-order valence-corrected chi connectivity index (χ4v) is 4.18. The van der Waals surface area contributed by atoms with Crippen LogP contribution in [0.15, 0.2) is 4.99 Å². The van der Waals surface area contributed by atoms with Crippen molar-refractivity contribution in [2.75, 3.05) is 59.4 Å². The standard InChI is InChI=1S/C20H41N5.HI/c1-4-21-20(22-10-9-19-8-5-7-18(2)17-19)23-11-14-25-13-6-12-24(3)15-16-25;/h18-19H,4-17H2,1-3H3,(H2,21,22,23);1H. The van der Waals surface area contributed by atoms with E-state index in [0.717, 1.165) is 44.0 Å². The maximum atomic E-state index is 4.81. The van der Waals surface area contributed by atoms with Crippen molar-refractivity contribution in [3.05, 3.63) is 0 Å². The fraction of sp³-hybridized carbons (Fsp3) is 0.950. The fourth-order valence-electron chi connectivity index (χ4n) is 4.18. The smallest absolute Gasteiger partial charge is 0.191 e. The Morgan fingerprint density at radius 1 is 1.08 bits per heavy atom. The van der Waals surface area contributed by atoms with E-state index in [-0.39, 0.29) is 24.0 Å². The SMILES string of the molecule is CCNC(=NCCC1CCCC(C)C1)NCCN1CCCN(C)CC1.I. The molecule has 154 valence electrons. The van der Waals surface area contributed by atoms with E-state index >= 15 is 0 Å². The molecule has 1 aliphatic carbocycles. The molecule has 0 radical (unpaired) electrons. The summed E-state index contributed by atoms with van der Waals surface area (Å²) in [7, 11) is 2.23. The lowest BCUT2D eigenvalue weighted by Crippen LogP contribution is -2.42. The summed E-state index contributed by atoms with van der Waals surface area (Å²) in [6.07, 6.45) is 8.19. The highest BCUT2D eigenvalue weighted by atomic mass is 127. The van der Waals surface area contributed by atoms with Crippen LogP contribution in [-0.4, -0.2) is 75.2 Å². The third kappa shape index (κ3) is 9.74. The molecule has 5 nitrogen and oxygen atoms in total. The largest absolute Gasteiger partial charge is 0.357 e. The molecular weight excluding hydrogens is 437 g/mol. The van der Waals surface area contributed by atoms with Gasteiger partial charge in [0.2, 0.25) is 0 Å². The van der Waals surface area contributed by atoms with Crippen molar-refractivity contribution in [3.63, 3.8) is 0 Å². The first-order valence-electron chi connectivity index (χ1n) is 10.6. The van der Waals surface area contributed by atoms with Gasteiger partial charge in [0.1, 0.15) is 0 Å². The van der Waals surface area contributed by atoms with E-state index in [2.05, 4.69) is 41.3 Å². The Balaban J connectivity index is 0.00000338. The lowest BCUT2D eigenvalue weighted by Gasteiger charge is -2.26. The van der Waals surface area contributed by atoms with Crippen molar-refractivity contribution in [3.8, 4) is 0 Å². The average Bonchev–Trinajstić information content (AvgIpc) is 2.79. The van der Waals surface area contributed by atoms with Crippen LogP contribution < -0.4 is 10.6 Å². The zero-order chi connectivity index (χ0) is 17.9. The van der Waals surface area contributed by atoms with Gasteiger partial charge in [0, 0.05) is 39.3 Å². The van der Waals surface area contributed by atoms with Crippen molar-refractivity contribution in [1.82, 2.24) is 20.4 Å². The summed E-state index contributed by atoms with van der Waals surface area (Å²) in [6, 6.07) is 0. The molecule has 1 saturated heterocycles. The molecule has 2 rings (SSSR count). The van der Waals surface area contributed by atoms with Crippen LogP contribution in [0.2, 0.25) is 0 Å². The molecule has 1 heterocycles. The zero-order valence-corrected chi connectivity index (χ0v) is 19.6. The molecule has 1 aliphatic heterocycles. The van der Waals surface area contributed by atoms with E-state index in [0.29, 0.717) is 0 Å². The molecule has 2 fully saturated rings. The summed E-state index contributed by atoms with van der Waals surface area (Å²) in [5.41, 5.74) is 0. The number of guanidine groups is 1. The first-order chi connectivity index (χ1) is 12.2. The number of rotatable bonds is 7. The average molecular weight is 479 g/mol. The lowest BCUT2D eigenvalue weighted by molar-refractivity contribution is 0.272. The highest BCUT2D eigenvalue weighted by Gasteiger charge is 2.18. The van der Waals surface area contributed by atoms with E-state index in [9.17, 15) is 0 Å². The lowest BCUT2D eigenvalue weighted by atomic mass is 9.81. The maximum absolute atomic E-state index is 4.81. The van der Waals surface area contributed by atoms with Crippen LogP contribution in [0.1, 0.15) is 52.4 Å². The molecular formula is C20H42IN5. The molecule has 1 saturated carbocycles. The molecule has 2 atom stereocenters. The minimum absolute atomic E-state index is 0. The van der Waals surface area contributed by atoms with E-state index in [1.807, 2.05) is 0 Å². The summed E-state index contributed by atoms with van der Waals surface area (Å²) in [4.78, 5) is 9.82. The number of likely N-dealkylation sites (N-methyl/N-ethyl adjacent to an activating group) is 1. The molecule has 2 N–H and O–H groups in total. The van der Waals surface area contributed by atoms with Gasteiger partial charge in [-0.05, 0) is 58.2 Å². The van der Waals surface area contributed by atoms with Gasteiger partial charge >= 0.3 is 0 Å². The van der Waals surface area contributed by atoms with E-state index < -0.39 is 0 Å². The van der Waals surface area contributed by atoms with E-state index in [4.69, 9.17) is 4.99 Å². The van der Waals surface area contributed by atoms with Crippen LogP contribution in [0, 0.1) is 11.8 Å². The monoisotopic (exact) mass is 479 g/mol. The van der Waals surface area contributed by atoms with Crippen LogP contribution >= 0.6 is 24.0 Å². The quantitative estimate of drug-likeness (QED) is 0.335. The van der Waals surface area contributed by atoms with Crippen molar-refractivity contribution in [2.24, 2.45) is 16.8 Å². The minimum Gasteiger partial charge on any atom is -0.357 e. The Labute approximate surface area is 178 Å². The second-order valence-electron chi connectivity index (χ2n) is 8.11. The van der Waals surface area contributed by atoms with Crippen LogP contribution in [0.5, 0.6) is 0 Å². The molecule has 0 bridgehead atoms. The Morgan fingerprint density at radius 3 is 2.69 bits per heavy atom. The van der Waals surface area contributed by atoms with Gasteiger partial charge in [-0.15, -0.1) is 24.0 Å². The first kappa shape index (κ1) is 24.0. The number of nitrogens with one attached hydrogen (secondary N) is 2. The number of hydrogen-bond donors (Lipinski definition) is 2. The van der Waals surface area contributed by atoms with Crippen molar-refractivity contribution in [2.45, 2.75) is 52.4 Å². The van der Waals surface area contributed by atoms with Gasteiger partial charge in [-0.25, -0.2) is 0 Å². The molecule has 26 heavy (non-hydrogen) atoms. The highest BCUT2D eigenvalue weighted by molar-refractivity contribution is 14.0. The van der Waals surface area contributed by atoms with Crippen molar-refractivity contribution >= 4 is 29.9 Å². The number of halogens is 1. The molecule has 2 unspecified atom stereocenters. The van der Waals surface area contributed by atoms with Crippen LogP contribution in [0.25, 0.3) is 0 Å². The second kappa shape index (κ2) is 14.0. The Bertz CT molecular complexity index is 390. The summed E-state index contributed by atoms with van der Waals surface area (Å²) in [5, 5.41) is 6.93. The summed E-state index contributed by atoms with van der Waals surface area (Å²) < 4.78 is 0. The van der Waals surface area contributed by atoms with Crippen molar-refractivity contribution < 1.29 is 0 Å². The normalized spacial score (nSPS) is 26.0. The van der Waals surface area contributed by atoms with Crippen LogP contribution in [-0.2, 0) is 0 Å². The van der Waals surface area contributed by atoms with Gasteiger partial charge in [-0.3, -0.25) is 4.99 Å². The highest BCUT2D eigenvalue weighted by Crippen LogP contribution is 2.30. The topological polar surface area (TPSA) is 42.9 Å². The molecule has 0 aromatic rings. The molecule has 0 spiro atoms. The Hall–Kier alpha value is -0.0800. The van der Waals surface area contributed by atoms with Gasteiger partial charge in [-0.2, -0.15) is 0 Å². The Kier molecular flexibility index (Phi) is 12.9. The number of hydrogen-bond acceptors (Lipinski definition) is 3. The maximum Gasteiger partial charge on any atom is 0.191 e. The minimum atomic E-state index is 0. The van der Waals surface area contributed by atoms with Gasteiger partial charge in [0.05, 0.1) is 0 Å². The van der Waals surface area contributed by atoms with Crippen LogP contribution in [0.3, 0.4) is 0 Å². The summed E-state index contributed by atoms with van der Waals surface area (Å²) >= 11 is 0. The van der Waals surface area contributed by atoms with Gasteiger partial charge in [-0.1, -0.05) is 26.2 Å². The summed E-state index contributed by atoms with van der Waals surface area (Å²) in [5.74, 6) is 2.81. The number of aliphatic imine (C=N–C) groups is 1. The zero-order valence-electron chi connectivity index (χ0n) is 17.3. The number of nitrogens with zero attached hydrogens (tertiary/aromatic N) is 3. The van der Waals surface area contributed by atoms with Gasteiger partial charge < -0.3 is 20.4 Å². The predicted molar refractivity (Wildman–Crippen MR) is 124 cm³/mol. The molecule has 6 heteroatoms. The Morgan fingerprint density at radius 2 is 1.92 bits per heavy atom. The predicted octanol–water partition coefficient (Wildman–Crippen LogP) is 3.01. The first-order valence-corrected chi connectivity index (χ1v) is 10.6. The third-order valence-corrected chi connectivity index (χ3v) is 5.73. The molecule has 0 aromatic heterocycles. The second-order valence-corrected chi connectivity index (χ2v) is 8.11. The van der Waals surface area contributed by atoms with E-state index in [1.165, 1.54) is 64.7 Å². The van der Waals surface area contributed by atoms with Gasteiger partial charge in [0.15, 0.2) is 5.96 Å². The molecule has 0 aromatic carbocycles. The van der Waals surface area contributed by atoms with Gasteiger partial charge in [0.25, 0.3) is 0 Å². The third-order valence-electron chi connectivity index (χ3n) is 5.73. The van der Waals surface area contributed by atoms with Crippen molar-refractivity contribution in [1.29, 1.82) is 0 Å². The van der Waals surface area contributed by atoms with Crippen LogP contribution in [0.4, 0.5) is 0 Å².